The summed E-state index contributed by atoms with van der Waals surface area (Å²) in [6.07, 6.45) is 1.83. The number of fused-ring (bicyclic) bond motifs is 3. The van der Waals surface area contributed by atoms with Gasteiger partial charge < -0.3 is 24.5 Å². The lowest BCUT2D eigenvalue weighted by Crippen LogP contribution is -2.21. The van der Waals surface area contributed by atoms with Gasteiger partial charge in [-0.1, -0.05) is 23.8 Å². The summed E-state index contributed by atoms with van der Waals surface area (Å²) < 4.78 is 12.2. The standard InChI is InChI=1S/C25H26O6/c1-13(2)5-10-16-22(28)21-18(27)12-19(14-6-8-15(26)9-7-14)30-24(21)17-11-20(25(3,4)29)31-23(16)17/h5-9,11,19,26,28-29H,10,12H2,1-4H3. The summed E-state index contributed by atoms with van der Waals surface area (Å²) >= 11 is 0. The van der Waals surface area contributed by atoms with Crippen LogP contribution in [0.15, 0.2) is 46.4 Å². The highest BCUT2D eigenvalue weighted by molar-refractivity contribution is 6.09. The number of rotatable bonds is 4. The number of aromatic hydroxyl groups is 2. The summed E-state index contributed by atoms with van der Waals surface area (Å²) in [5.74, 6) is 0.312. The first-order valence-corrected chi connectivity index (χ1v) is 10.2. The molecule has 1 unspecified atom stereocenters. The van der Waals surface area contributed by atoms with Crippen LogP contribution < -0.4 is 4.74 Å². The van der Waals surface area contributed by atoms with Crippen molar-refractivity contribution in [2.75, 3.05) is 0 Å². The SMILES string of the molecule is CC(C)=CCc1c(O)c2c(c3cc(C(C)(C)O)oc13)OC(c1ccc(O)cc1)CC2=O. The van der Waals surface area contributed by atoms with Crippen molar-refractivity contribution in [2.45, 2.75) is 52.2 Å². The highest BCUT2D eigenvalue weighted by Crippen LogP contribution is 2.48. The van der Waals surface area contributed by atoms with Gasteiger partial charge in [-0.15, -0.1) is 0 Å². The largest absolute Gasteiger partial charge is 0.508 e. The van der Waals surface area contributed by atoms with Crippen molar-refractivity contribution >= 4 is 16.8 Å². The van der Waals surface area contributed by atoms with Crippen LogP contribution in [0.1, 0.15) is 67.5 Å². The summed E-state index contributed by atoms with van der Waals surface area (Å²) in [6, 6.07) is 8.16. The van der Waals surface area contributed by atoms with Crippen LogP contribution in [-0.4, -0.2) is 21.1 Å². The average molecular weight is 422 g/mol. The molecule has 0 saturated heterocycles. The molecule has 1 atom stereocenters. The van der Waals surface area contributed by atoms with Crippen molar-refractivity contribution < 1.29 is 29.3 Å². The Morgan fingerprint density at radius 2 is 1.87 bits per heavy atom. The first-order valence-electron chi connectivity index (χ1n) is 10.2. The van der Waals surface area contributed by atoms with Crippen LogP contribution >= 0.6 is 0 Å². The Kier molecular flexibility index (Phi) is 5.06. The van der Waals surface area contributed by atoms with Gasteiger partial charge in [0.25, 0.3) is 0 Å². The van der Waals surface area contributed by atoms with E-state index in [9.17, 15) is 20.1 Å². The first kappa shape index (κ1) is 21.0. The van der Waals surface area contributed by atoms with Crippen molar-refractivity contribution in [1.29, 1.82) is 0 Å². The fourth-order valence-electron chi connectivity index (χ4n) is 3.79. The zero-order valence-electron chi connectivity index (χ0n) is 18.0. The Balaban J connectivity index is 1.93. The molecule has 3 aromatic rings. The molecular weight excluding hydrogens is 396 g/mol. The molecule has 2 heterocycles. The lowest BCUT2D eigenvalue weighted by Gasteiger charge is -2.27. The molecule has 6 nitrogen and oxygen atoms in total. The smallest absolute Gasteiger partial charge is 0.174 e. The summed E-state index contributed by atoms with van der Waals surface area (Å²) in [5, 5.41) is 31.6. The fraction of sp³-hybridized carbons (Fsp3) is 0.320. The van der Waals surface area contributed by atoms with Gasteiger partial charge in [-0.25, -0.2) is 0 Å². The third kappa shape index (κ3) is 3.79. The topological polar surface area (TPSA) is 100 Å². The number of allylic oxidation sites excluding steroid dienone is 2. The number of aliphatic hydroxyl groups is 1. The normalized spacial score (nSPS) is 16.2. The second kappa shape index (κ2) is 7.46. The van der Waals surface area contributed by atoms with E-state index >= 15 is 0 Å². The van der Waals surface area contributed by atoms with Gasteiger partial charge in [-0.3, -0.25) is 4.79 Å². The van der Waals surface area contributed by atoms with Gasteiger partial charge in [0, 0.05) is 5.56 Å². The fourth-order valence-corrected chi connectivity index (χ4v) is 3.79. The molecule has 0 fully saturated rings. The lowest BCUT2D eigenvalue weighted by atomic mass is 9.91. The Bertz CT molecular complexity index is 1190. The number of phenols is 2. The zero-order valence-corrected chi connectivity index (χ0v) is 18.0. The number of phenolic OH excluding ortho intramolecular Hbond substituents is 2. The highest BCUT2D eigenvalue weighted by Gasteiger charge is 2.36. The first-order chi connectivity index (χ1) is 14.6. The van der Waals surface area contributed by atoms with Gasteiger partial charge in [0.2, 0.25) is 0 Å². The maximum absolute atomic E-state index is 13.1. The van der Waals surface area contributed by atoms with E-state index in [-0.39, 0.29) is 35.0 Å². The van der Waals surface area contributed by atoms with Crippen LogP contribution in [0.4, 0.5) is 0 Å². The lowest BCUT2D eigenvalue weighted by molar-refractivity contribution is 0.0558. The number of hydrogen-bond acceptors (Lipinski definition) is 6. The molecule has 1 aromatic heterocycles. The van der Waals surface area contributed by atoms with Gasteiger partial charge in [0.1, 0.15) is 45.9 Å². The number of carbonyl (C=O) groups is 1. The molecule has 0 radical (unpaired) electrons. The molecule has 0 amide bonds. The second-order valence-corrected chi connectivity index (χ2v) is 8.75. The quantitative estimate of drug-likeness (QED) is 0.494. The van der Waals surface area contributed by atoms with Crippen molar-refractivity contribution in [3.8, 4) is 17.2 Å². The predicted molar refractivity (Wildman–Crippen MR) is 117 cm³/mol. The minimum Gasteiger partial charge on any atom is -0.508 e. The van der Waals surface area contributed by atoms with Crippen molar-refractivity contribution in [3.63, 3.8) is 0 Å². The Labute approximate surface area is 180 Å². The number of carbonyl (C=O) groups excluding carboxylic acids is 1. The molecule has 1 aliphatic heterocycles. The van der Waals surface area contributed by atoms with Crippen LogP contribution in [-0.2, 0) is 12.0 Å². The van der Waals surface area contributed by atoms with Crippen molar-refractivity contribution in [2.24, 2.45) is 0 Å². The molecule has 31 heavy (non-hydrogen) atoms. The zero-order chi connectivity index (χ0) is 22.5. The van der Waals surface area contributed by atoms with E-state index in [0.717, 1.165) is 11.1 Å². The van der Waals surface area contributed by atoms with Crippen LogP contribution in [0, 0.1) is 0 Å². The monoisotopic (exact) mass is 422 g/mol. The van der Waals surface area contributed by atoms with E-state index in [1.165, 1.54) is 0 Å². The molecule has 4 rings (SSSR count). The maximum atomic E-state index is 13.1. The van der Waals surface area contributed by atoms with E-state index in [2.05, 4.69) is 0 Å². The van der Waals surface area contributed by atoms with E-state index < -0.39 is 11.7 Å². The molecule has 0 saturated carbocycles. The van der Waals surface area contributed by atoms with Crippen LogP contribution in [0.5, 0.6) is 17.2 Å². The number of furan rings is 1. The van der Waals surface area contributed by atoms with E-state index in [1.54, 1.807) is 44.2 Å². The molecule has 0 bridgehead atoms. The Morgan fingerprint density at radius 1 is 1.19 bits per heavy atom. The summed E-state index contributed by atoms with van der Waals surface area (Å²) in [4.78, 5) is 13.1. The Hall–Kier alpha value is -3.25. The number of ketones is 1. The molecule has 6 heteroatoms. The number of ether oxygens (including phenoxy) is 1. The summed E-state index contributed by atoms with van der Waals surface area (Å²) in [7, 11) is 0. The van der Waals surface area contributed by atoms with Crippen molar-refractivity contribution in [3.05, 3.63) is 64.4 Å². The minimum atomic E-state index is -1.25. The average Bonchev–Trinajstić information content (AvgIpc) is 3.13. The van der Waals surface area contributed by atoms with Gasteiger partial charge in [0.05, 0.1) is 11.8 Å². The molecule has 0 spiro atoms. The van der Waals surface area contributed by atoms with Crippen LogP contribution in [0.3, 0.4) is 0 Å². The van der Waals surface area contributed by atoms with Crippen LogP contribution in [0.25, 0.3) is 11.0 Å². The molecule has 1 aliphatic rings. The van der Waals surface area contributed by atoms with Gasteiger partial charge in [-0.2, -0.15) is 0 Å². The predicted octanol–water partition coefficient (Wildman–Crippen LogP) is 5.29. The highest BCUT2D eigenvalue weighted by atomic mass is 16.5. The molecule has 0 aliphatic carbocycles. The van der Waals surface area contributed by atoms with Gasteiger partial charge >= 0.3 is 0 Å². The summed E-state index contributed by atoms with van der Waals surface area (Å²) in [6.45, 7) is 7.12. The van der Waals surface area contributed by atoms with Gasteiger partial charge in [0.15, 0.2) is 5.78 Å². The third-order valence-electron chi connectivity index (χ3n) is 5.49. The number of hydrogen-bond donors (Lipinski definition) is 3. The maximum Gasteiger partial charge on any atom is 0.174 e. The Morgan fingerprint density at radius 3 is 2.48 bits per heavy atom. The molecular formula is C25H26O6. The van der Waals surface area contributed by atoms with Crippen molar-refractivity contribution in [1.82, 2.24) is 0 Å². The molecule has 2 aromatic carbocycles. The number of benzene rings is 2. The van der Waals surface area contributed by atoms with Gasteiger partial charge in [-0.05, 0) is 57.9 Å². The molecule has 162 valence electrons. The van der Waals surface area contributed by atoms with Crippen LogP contribution in [0.2, 0.25) is 0 Å². The summed E-state index contributed by atoms with van der Waals surface area (Å²) in [5.41, 5.74) is 1.58. The third-order valence-corrected chi connectivity index (χ3v) is 5.49. The second-order valence-electron chi connectivity index (χ2n) is 8.75. The van der Waals surface area contributed by atoms with E-state index in [0.29, 0.717) is 28.7 Å². The van der Waals surface area contributed by atoms with E-state index in [1.807, 2.05) is 19.9 Å². The van der Waals surface area contributed by atoms with E-state index in [4.69, 9.17) is 9.15 Å². The molecule has 3 N–H and O–H groups in total. The number of Topliss-reactive ketones (excluding diaryl/α,β-unsaturated/α-hetero) is 1. The minimum absolute atomic E-state index is 0.0646.